The van der Waals surface area contributed by atoms with Gasteiger partial charge in [0.1, 0.15) is 17.9 Å². The molecule has 2 unspecified atom stereocenters. The average Bonchev–Trinajstić information content (AvgIpc) is 2.88. The SMILES string of the molecule is CC1COc2c(N3CCN(C)CC3)c(F)cc3c(=O)c(C(=O)O)cn1c23.O=C(O)C(O)c1ccccc1. The van der Waals surface area contributed by atoms with E-state index in [1.165, 1.54) is 6.20 Å². The fourth-order valence-electron chi connectivity index (χ4n) is 4.47. The van der Waals surface area contributed by atoms with Gasteiger partial charge in [-0.1, -0.05) is 30.3 Å². The molecular weight excluding hydrogens is 485 g/mol. The summed E-state index contributed by atoms with van der Waals surface area (Å²) in [5.74, 6) is -2.77. The van der Waals surface area contributed by atoms with Gasteiger partial charge in [-0.2, -0.15) is 0 Å². The van der Waals surface area contributed by atoms with Crippen LogP contribution in [-0.4, -0.2) is 76.6 Å². The zero-order valence-electron chi connectivity index (χ0n) is 20.4. The highest BCUT2D eigenvalue weighted by Crippen LogP contribution is 2.42. The van der Waals surface area contributed by atoms with Crippen LogP contribution >= 0.6 is 0 Å². The molecule has 1 aromatic heterocycles. The van der Waals surface area contributed by atoms with Crippen LogP contribution < -0.4 is 15.1 Å². The molecule has 11 heteroatoms. The van der Waals surface area contributed by atoms with E-state index in [4.69, 9.17) is 14.9 Å². The van der Waals surface area contributed by atoms with Crippen LogP contribution in [-0.2, 0) is 4.79 Å². The highest BCUT2D eigenvalue weighted by Gasteiger charge is 2.31. The van der Waals surface area contributed by atoms with E-state index in [2.05, 4.69) is 4.90 Å². The maximum Gasteiger partial charge on any atom is 0.341 e. The third kappa shape index (κ3) is 5.13. The standard InChI is InChI=1S/C18H20FN3O4.C8H8O3/c1-10-9-26-17-14-11(16(23)12(18(24)25)8-22(10)14)7-13(19)15(17)21-5-3-20(2)4-6-21;9-7(8(10)11)6-4-2-1-3-5-6/h7-8,10H,3-6,9H2,1-2H3,(H,24,25);1-5,7,9H,(H,10,11). The van der Waals surface area contributed by atoms with Gasteiger partial charge in [-0.25, -0.2) is 14.0 Å². The predicted molar refractivity (Wildman–Crippen MR) is 134 cm³/mol. The number of aliphatic hydroxyl groups excluding tert-OH is 1. The zero-order chi connectivity index (χ0) is 26.9. The van der Waals surface area contributed by atoms with E-state index < -0.39 is 29.3 Å². The molecule has 0 saturated carbocycles. The number of anilines is 1. The van der Waals surface area contributed by atoms with Crippen LogP contribution in [0.4, 0.5) is 10.1 Å². The lowest BCUT2D eigenvalue weighted by Gasteiger charge is -2.37. The smallest absolute Gasteiger partial charge is 0.341 e. The van der Waals surface area contributed by atoms with Gasteiger partial charge in [0.2, 0.25) is 5.43 Å². The molecule has 3 heterocycles. The van der Waals surface area contributed by atoms with Crippen LogP contribution in [0, 0.1) is 5.82 Å². The summed E-state index contributed by atoms with van der Waals surface area (Å²) >= 11 is 0. The number of likely N-dealkylation sites (N-methyl/N-ethyl adjacent to an activating group) is 1. The number of halogens is 1. The first-order valence-electron chi connectivity index (χ1n) is 11.8. The molecule has 196 valence electrons. The molecule has 3 N–H and O–H groups in total. The van der Waals surface area contributed by atoms with Gasteiger partial charge in [-0.15, -0.1) is 0 Å². The summed E-state index contributed by atoms with van der Waals surface area (Å²) in [7, 11) is 2.02. The Morgan fingerprint density at radius 2 is 1.76 bits per heavy atom. The van der Waals surface area contributed by atoms with Crippen molar-refractivity contribution in [3.05, 3.63) is 69.8 Å². The maximum absolute atomic E-state index is 15.0. The fourth-order valence-corrected chi connectivity index (χ4v) is 4.47. The normalized spacial score (nSPS) is 17.9. The second kappa shape index (κ2) is 10.6. The molecule has 1 saturated heterocycles. The Kier molecular flexibility index (Phi) is 7.46. The van der Waals surface area contributed by atoms with Crippen molar-refractivity contribution in [2.45, 2.75) is 19.1 Å². The Morgan fingerprint density at radius 3 is 2.35 bits per heavy atom. The number of carboxylic acids is 2. The second-order valence-corrected chi connectivity index (χ2v) is 9.12. The summed E-state index contributed by atoms with van der Waals surface area (Å²) in [6, 6.07) is 9.26. The van der Waals surface area contributed by atoms with Gasteiger partial charge in [0.05, 0.1) is 16.9 Å². The van der Waals surface area contributed by atoms with Crippen molar-refractivity contribution >= 4 is 28.5 Å². The number of aromatic nitrogens is 1. The molecule has 2 aliphatic rings. The first-order chi connectivity index (χ1) is 17.6. The van der Waals surface area contributed by atoms with Crippen molar-refractivity contribution in [3.8, 4) is 5.75 Å². The Balaban J connectivity index is 0.000000245. The summed E-state index contributed by atoms with van der Waals surface area (Å²) < 4.78 is 22.6. The lowest BCUT2D eigenvalue weighted by molar-refractivity contribution is -0.146. The minimum atomic E-state index is -1.41. The number of carbonyl (C=O) groups is 2. The van der Waals surface area contributed by atoms with Crippen molar-refractivity contribution in [2.75, 3.05) is 44.7 Å². The molecule has 2 aliphatic heterocycles. The molecule has 2 atom stereocenters. The third-order valence-electron chi connectivity index (χ3n) is 6.54. The number of aromatic carboxylic acids is 1. The minimum absolute atomic E-state index is 0.0434. The Hall–Kier alpha value is -3.96. The van der Waals surface area contributed by atoms with Crippen LogP contribution in [0.1, 0.15) is 35.0 Å². The number of hydrogen-bond donors (Lipinski definition) is 3. The van der Waals surface area contributed by atoms with Gasteiger partial charge in [0.25, 0.3) is 0 Å². The van der Waals surface area contributed by atoms with Crippen LogP contribution in [0.25, 0.3) is 10.9 Å². The van der Waals surface area contributed by atoms with E-state index in [1.807, 2.05) is 18.9 Å². The number of piperazine rings is 1. The van der Waals surface area contributed by atoms with Crippen molar-refractivity contribution in [3.63, 3.8) is 0 Å². The molecule has 10 nitrogen and oxygen atoms in total. The van der Waals surface area contributed by atoms with Crippen LogP contribution in [0.5, 0.6) is 5.75 Å². The number of benzene rings is 2. The summed E-state index contributed by atoms with van der Waals surface area (Å²) in [5.41, 5.74) is 0.179. The quantitative estimate of drug-likeness (QED) is 0.481. The first-order valence-corrected chi connectivity index (χ1v) is 11.8. The summed E-state index contributed by atoms with van der Waals surface area (Å²) in [6.07, 6.45) is -0.0637. The molecule has 3 aromatic rings. The molecular formula is C26H28FN3O7. The fraction of sp³-hybridized carbons (Fsp3) is 0.346. The second-order valence-electron chi connectivity index (χ2n) is 9.12. The van der Waals surface area contributed by atoms with Gasteiger partial charge < -0.3 is 34.4 Å². The Labute approximate surface area is 211 Å². The van der Waals surface area contributed by atoms with E-state index in [9.17, 15) is 23.9 Å². The number of ether oxygens (including phenoxy) is 1. The van der Waals surface area contributed by atoms with Gasteiger partial charge in [-0.3, -0.25) is 4.79 Å². The molecule has 0 amide bonds. The summed E-state index contributed by atoms with van der Waals surface area (Å²) in [4.78, 5) is 38.3. The van der Waals surface area contributed by atoms with Crippen molar-refractivity contribution in [2.24, 2.45) is 0 Å². The van der Waals surface area contributed by atoms with Crippen molar-refractivity contribution in [1.29, 1.82) is 0 Å². The number of rotatable bonds is 4. The summed E-state index contributed by atoms with van der Waals surface area (Å²) in [5, 5.41) is 26.7. The van der Waals surface area contributed by atoms with E-state index in [-0.39, 0.29) is 23.6 Å². The van der Waals surface area contributed by atoms with Crippen molar-refractivity contribution < 1.29 is 34.0 Å². The van der Waals surface area contributed by atoms with E-state index in [0.29, 0.717) is 35.6 Å². The lowest BCUT2D eigenvalue weighted by atomic mass is 10.1. The van der Waals surface area contributed by atoms with Gasteiger partial charge in [0.15, 0.2) is 17.7 Å². The molecule has 1 fully saturated rings. The van der Waals surface area contributed by atoms with Crippen LogP contribution in [0.2, 0.25) is 0 Å². The van der Waals surface area contributed by atoms with E-state index in [0.717, 1.165) is 19.2 Å². The molecule has 0 aliphatic carbocycles. The number of pyridine rings is 1. The number of aliphatic carboxylic acids is 1. The number of aliphatic hydroxyl groups is 1. The summed E-state index contributed by atoms with van der Waals surface area (Å²) in [6.45, 7) is 5.08. The molecule has 5 rings (SSSR count). The Bertz CT molecular complexity index is 1380. The molecule has 37 heavy (non-hydrogen) atoms. The maximum atomic E-state index is 15.0. The highest BCUT2D eigenvalue weighted by molar-refractivity contribution is 5.97. The number of carboxylic acid groups (broad SMARTS) is 2. The van der Waals surface area contributed by atoms with Crippen LogP contribution in [0.3, 0.4) is 0 Å². The number of nitrogens with zero attached hydrogens (tertiary/aromatic N) is 3. The largest absolute Gasteiger partial charge is 0.487 e. The average molecular weight is 514 g/mol. The molecule has 0 radical (unpaired) electrons. The highest BCUT2D eigenvalue weighted by atomic mass is 19.1. The molecule has 0 bridgehead atoms. The Morgan fingerprint density at radius 1 is 1.11 bits per heavy atom. The minimum Gasteiger partial charge on any atom is -0.487 e. The van der Waals surface area contributed by atoms with Gasteiger partial charge in [-0.05, 0) is 25.6 Å². The van der Waals surface area contributed by atoms with E-state index >= 15 is 0 Å². The lowest BCUT2D eigenvalue weighted by Crippen LogP contribution is -2.45. The molecule has 0 spiro atoms. The third-order valence-corrected chi connectivity index (χ3v) is 6.54. The molecule has 2 aromatic carbocycles. The number of hydrogen-bond acceptors (Lipinski definition) is 7. The van der Waals surface area contributed by atoms with Crippen LogP contribution in [0.15, 0.2) is 47.4 Å². The van der Waals surface area contributed by atoms with E-state index in [1.54, 1.807) is 34.9 Å². The van der Waals surface area contributed by atoms with Gasteiger partial charge in [0, 0.05) is 32.4 Å². The zero-order valence-corrected chi connectivity index (χ0v) is 20.4. The monoisotopic (exact) mass is 513 g/mol. The topological polar surface area (TPSA) is 133 Å². The first kappa shape index (κ1) is 26.1. The predicted octanol–water partition coefficient (Wildman–Crippen LogP) is 2.35. The van der Waals surface area contributed by atoms with Gasteiger partial charge >= 0.3 is 11.9 Å². The van der Waals surface area contributed by atoms with Crippen molar-refractivity contribution in [1.82, 2.24) is 9.47 Å².